The highest BCUT2D eigenvalue weighted by atomic mass is 16.5. The average molecular weight is 460 g/mol. The number of anilines is 1. The van der Waals surface area contributed by atoms with Crippen LogP contribution in [0.4, 0.5) is 5.82 Å². The molecule has 1 fully saturated rings. The molecule has 10 heteroatoms. The van der Waals surface area contributed by atoms with Gasteiger partial charge in [0.25, 0.3) is 5.91 Å². The van der Waals surface area contributed by atoms with Crippen LogP contribution in [0.3, 0.4) is 0 Å². The number of methoxy groups -OCH3 is 2. The van der Waals surface area contributed by atoms with Crippen LogP contribution in [-0.4, -0.2) is 76.2 Å². The van der Waals surface area contributed by atoms with Crippen LogP contribution in [0.25, 0.3) is 11.2 Å². The number of piperazine rings is 1. The fourth-order valence-corrected chi connectivity index (χ4v) is 4.22. The lowest BCUT2D eigenvalue weighted by Gasteiger charge is -2.35. The van der Waals surface area contributed by atoms with E-state index in [1.54, 1.807) is 43.4 Å². The van der Waals surface area contributed by atoms with E-state index >= 15 is 0 Å². The van der Waals surface area contributed by atoms with E-state index in [4.69, 9.17) is 9.47 Å². The van der Waals surface area contributed by atoms with Crippen molar-refractivity contribution < 1.29 is 14.3 Å². The molecule has 0 spiro atoms. The Morgan fingerprint density at radius 3 is 2.29 bits per heavy atom. The SMILES string of the molecule is COc1cccc(OC)c1C(=O)N1CCN(c2ncnc3c2nnn3Cc2ccccc2)CC1. The van der Waals surface area contributed by atoms with Crippen LogP contribution in [0.2, 0.25) is 0 Å². The van der Waals surface area contributed by atoms with Gasteiger partial charge in [-0.2, -0.15) is 0 Å². The molecule has 0 aliphatic carbocycles. The second-order valence-corrected chi connectivity index (χ2v) is 7.92. The second-order valence-electron chi connectivity index (χ2n) is 7.92. The molecule has 1 saturated heterocycles. The van der Waals surface area contributed by atoms with Crippen molar-refractivity contribution in [3.05, 3.63) is 66.0 Å². The van der Waals surface area contributed by atoms with Gasteiger partial charge in [0.2, 0.25) is 0 Å². The van der Waals surface area contributed by atoms with E-state index in [1.807, 2.05) is 35.2 Å². The van der Waals surface area contributed by atoms with E-state index in [9.17, 15) is 4.79 Å². The van der Waals surface area contributed by atoms with E-state index in [2.05, 4.69) is 25.2 Å². The minimum absolute atomic E-state index is 0.115. The average Bonchev–Trinajstić information content (AvgIpc) is 3.31. The minimum Gasteiger partial charge on any atom is -0.496 e. The lowest BCUT2D eigenvalue weighted by Crippen LogP contribution is -2.49. The van der Waals surface area contributed by atoms with Crippen LogP contribution < -0.4 is 14.4 Å². The maximum atomic E-state index is 13.3. The Balaban J connectivity index is 1.34. The highest BCUT2D eigenvalue weighted by Crippen LogP contribution is 2.30. The van der Waals surface area contributed by atoms with Gasteiger partial charge in [-0.3, -0.25) is 4.79 Å². The highest BCUT2D eigenvalue weighted by Gasteiger charge is 2.28. The van der Waals surface area contributed by atoms with Gasteiger partial charge in [-0.05, 0) is 17.7 Å². The van der Waals surface area contributed by atoms with Crippen molar-refractivity contribution in [2.75, 3.05) is 45.3 Å². The summed E-state index contributed by atoms with van der Waals surface area (Å²) in [5, 5.41) is 8.68. The number of ether oxygens (including phenoxy) is 2. The quantitative estimate of drug-likeness (QED) is 0.433. The van der Waals surface area contributed by atoms with Crippen molar-refractivity contribution >= 4 is 22.9 Å². The summed E-state index contributed by atoms with van der Waals surface area (Å²) in [6.07, 6.45) is 1.54. The van der Waals surface area contributed by atoms with Gasteiger partial charge in [-0.15, -0.1) is 5.10 Å². The normalized spacial score (nSPS) is 13.8. The predicted molar refractivity (Wildman–Crippen MR) is 126 cm³/mol. The van der Waals surface area contributed by atoms with Crippen molar-refractivity contribution in [3.63, 3.8) is 0 Å². The minimum atomic E-state index is -0.115. The van der Waals surface area contributed by atoms with E-state index in [0.717, 1.165) is 11.4 Å². The zero-order valence-corrected chi connectivity index (χ0v) is 19.1. The van der Waals surface area contributed by atoms with Crippen molar-refractivity contribution in [2.45, 2.75) is 6.54 Å². The highest BCUT2D eigenvalue weighted by molar-refractivity contribution is 6.00. The first-order chi connectivity index (χ1) is 16.7. The molecule has 174 valence electrons. The summed E-state index contributed by atoms with van der Waals surface area (Å²) in [7, 11) is 3.10. The molecular formula is C24H25N7O3. The van der Waals surface area contributed by atoms with Gasteiger partial charge < -0.3 is 19.3 Å². The first-order valence-electron chi connectivity index (χ1n) is 11.0. The fourth-order valence-electron chi connectivity index (χ4n) is 4.22. The molecule has 0 saturated carbocycles. The van der Waals surface area contributed by atoms with Gasteiger partial charge in [0, 0.05) is 26.2 Å². The van der Waals surface area contributed by atoms with Gasteiger partial charge in [0.05, 0.1) is 20.8 Å². The monoisotopic (exact) mass is 459 g/mol. The van der Waals surface area contributed by atoms with Crippen LogP contribution in [-0.2, 0) is 6.54 Å². The van der Waals surface area contributed by atoms with Gasteiger partial charge in [-0.25, -0.2) is 14.6 Å². The Morgan fingerprint density at radius 2 is 1.62 bits per heavy atom. The smallest absolute Gasteiger partial charge is 0.261 e. The Labute approximate surface area is 196 Å². The number of fused-ring (bicyclic) bond motifs is 1. The maximum absolute atomic E-state index is 13.3. The van der Waals surface area contributed by atoms with Gasteiger partial charge in [0.1, 0.15) is 23.4 Å². The number of aromatic nitrogens is 5. The van der Waals surface area contributed by atoms with E-state index in [-0.39, 0.29) is 5.91 Å². The summed E-state index contributed by atoms with van der Waals surface area (Å²) >= 11 is 0. The van der Waals surface area contributed by atoms with Crippen molar-refractivity contribution in [2.24, 2.45) is 0 Å². The molecule has 0 radical (unpaired) electrons. The summed E-state index contributed by atoms with van der Waals surface area (Å²) in [5.41, 5.74) is 2.90. The summed E-state index contributed by atoms with van der Waals surface area (Å²) < 4.78 is 12.6. The summed E-state index contributed by atoms with van der Waals surface area (Å²) in [6, 6.07) is 15.4. The molecule has 3 heterocycles. The zero-order valence-electron chi connectivity index (χ0n) is 19.1. The predicted octanol–water partition coefficient (Wildman–Crippen LogP) is 2.25. The lowest BCUT2D eigenvalue weighted by atomic mass is 10.1. The molecule has 10 nitrogen and oxygen atoms in total. The van der Waals surface area contributed by atoms with E-state index in [1.165, 1.54) is 0 Å². The van der Waals surface area contributed by atoms with E-state index < -0.39 is 0 Å². The molecule has 1 aliphatic heterocycles. The molecule has 0 N–H and O–H groups in total. The molecule has 1 aliphatic rings. The standard InChI is InChI=1S/C24H25N7O3/c1-33-18-9-6-10-19(34-2)20(18)24(32)30-13-11-29(12-14-30)22-21-23(26-16-25-22)31(28-27-21)15-17-7-4-3-5-8-17/h3-10,16H,11-15H2,1-2H3. The molecule has 0 unspecified atom stereocenters. The first-order valence-corrected chi connectivity index (χ1v) is 11.0. The molecule has 2 aromatic carbocycles. The molecular weight excluding hydrogens is 434 g/mol. The summed E-state index contributed by atoms with van der Waals surface area (Å²) in [6.45, 7) is 2.87. The molecule has 34 heavy (non-hydrogen) atoms. The van der Waals surface area contributed by atoms with E-state index in [0.29, 0.717) is 61.0 Å². The summed E-state index contributed by atoms with van der Waals surface area (Å²) in [4.78, 5) is 26.1. The molecule has 4 aromatic rings. The number of hydrogen-bond acceptors (Lipinski definition) is 8. The van der Waals surface area contributed by atoms with Crippen LogP contribution in [0.1, 0.15) is 15.9 Å². The largest absolute Gasteiger partial charge is 0.496 e. The van der Waals surface area contributed by atoms with Crippen LogP contribution in [0, 0.1) is 0 Å². The fraction of sp³-hybridized carbons (Fsp3) is 0.292. The number of benzene rings is 2. The van der Waals surface area contributed by atoms with Crippen LogP contribution in [0.5, 0.6) is 11.5 Å². The molecule has 5 rings (SSSR count). The Bertz CT molecular complexity index is 1280. The number of carbonyl (C=O) groups excluding carboxylic acids is 1. The molecule has 0 bridgehead atoms. The van der Waals surface area contributed by atoms with Gasteiger partial charge >= 0.3 is 0 Å². The topological polar surface area (TPSA) is 98.5 Å². The third-order valence-corrected chi connectivity index (χ3v) is 5.96. The zero-order chi connectivity index (χ0) is 23.5. The summed E-state index contributed by atoms with van der Waals surface area (Å²) in [5.74, 6) is 1.61. The molecule has 0 atom stereocenters. The molecule has 2 aromatic heterocycles. The second kappa shape index (κ2) is 9.34. The van der Waals surface area contributed by atoms with Crippen LogP contribution >= 0.6 is 0 Å². The first kappa shape index (κ1) is 21.6. The Kier molecular flexibility index (Phi) is 5.94. The molecule has 1 amide bonds. The number of carbonyl (C=O) groups is 1. The number of amides is 1. The van der Waals surface area contributed by atoms with Crippen LogP contribution in [0.15, 0.2) is 54.9 Å². The van der Waals surface area contributed by atoms with Crippen molar-refractivity contribution in [1.82, 2.24) is 29.9 Å². The third kappa shape index (κ3) is 3.98. The Morgan fingerprint density at radius 1 is 0.912 bits per heavy atom. The van der Waals surface area contributed by atoms with Crippen molar-refractivity contribution in [1.29, 1.82) is 0 Å². The van der Waals surface area contributed by atoms with Gasteiger partial charge in [-0.1, -0.05) is 41.6 Å². The number of hydrogen-bond donors (Lipinski definition) is 0. The number of nitrogens with zero attached hydrogens (tertiary/aromatic N) is 7. The maximum Gasteiger partial charge on any atom is 0.261 e. The van der Waals surface area contributed by atoms with Gasteiger partial charge in [0.15, 0.2) is 17.0 Å². The third-order valence-electron chi connectivity index (χ3n) is 5.96. The Hall–Kier alpha value is -4.21. The lowest BCUT2D eigenvalue weighted by molar-refractivity contribution is 0.0739. The van der Waals surface area contributed by atoms with Crippen molar-refractivity contribution in [3.8, 4) is 11.5 Å². The number of rotatable bonds is 6.